The van der Waals surface area contributed by atoms with E-state index in [0.29, 0.717) is 11.6 Å². The van der Waals surface area contributed by atoms with Gasteiger partial charge in [0, 0.05) is 13.2 Å². The van der Waals surface area contributed by atoms with E-state index in [1.165, 1.54) is 0 Å². The number of rotatable bonds is 3. The summed E-state index contributed by atoms with van der Waals surface area (Å²) in [5, 5.41) is 3.53. The van der Waals surface area contributed by atoms with Crippen molar-refractivity contribution >= 4 is 40.7 Å². The molecule has 0 aromatic heterocycles. The first-order valence-electron chi connectivity index (χ1n) is 5.63. The highest BCUT2D eigenvalue weighted by Crippen LogP contribution is 2.31. The van der Waals surface area contributed by atoms with E-state index in [4.69, 9.17) is 39.5 Å². The summed E-state index contributed by atoms with van der Waals surface area (Å²) >= 11 is 17.8. The van der Waals surface area contributed by atoms with Crippen LogP contribution in [-0.4, -0.2) is 25.2 Å². The number of halogens is 3. The van der Waals surface area contributed by atoms with Crippen molar-refractivity contribution in [3.63, 3.8) is 0 Å². The quantitative estimate of drug-likeness (QED) is 0.867. The third-order valence-corrected chi connectivity index (χ3v) is 3.90. The number of amides is 1. The Labute approximate surface area is 120 Å². The van der Waals surface area contributed by atoms with Crippen LogP contribution in [0.15, 0.2) is 12.1 Å². The van der Waals surface area contributed by atoms with Gasteiger partial charge in [0.1, 0.15) is 0 Å². The summed E-state index contributed by atoms with van der Waals surface area (Å²) in [6.45, 7) is 1.21. The van der Waals surface area contributed by atoms with Gasteiger partial charge >= 0.3 is 0 Å². The zero-order valence-electron chi connectivity index (χ0n) is 9.51. The topological polar surface area (TPSA) is 38.3 Å². The van der Waals surface area contributed by atoms with Crippen molar-refractivity contribution in [1.29, 1.82) is 0 Å². The molecule has 1 heterocycles. The summed E-state index contributed by atoms with van der Waals surface area (Å²) in [5.41, 5.74) is 0.212. The van der Waals surface area contributed by atoms with Crippen LogP contribution >= 0.6 is 34.8 Å². The molecule has 1 aromatic carbocycles. The lowest BCUT2D eigenvalue weighted by Crippen LogP contribution is -2.32. The summed E-state index contributed by atoms with van der Waals surface area (Å²) < 4.78 is 5.42. The van der Waals surface area contributed by atoms with E-state index in [0.717, 1.165) is 19.4 Å². The maximum Gasteiger partial charge on any atom is 0.254 e. The van der Waals surface area contributed by atoms with Crippen molar-refractivity contribution in [3.8, 4) is 0 Å². The van der Waals surface area contributed by atoms with Gasteiger partial charge in [-0.05, 0) is 25.0 Å². The number of hydrogen-bond donors (Lipinski definition) is 1. The second-order valence-electron chi connectivity index (χ2n) is 4.06. The normalized spacial score (nSPS) is 18.9. The molecule has 1 saturated heterocycles. The van der Waals surface area contributed by atoms with E-state index in [1.54, 1.807) is 12.1 Å². The van der Waals surface area contributed by atoms with E-state index in [-0.39, 0.29) is 27.6 Å². The van der Waals surface area contributed by atoms with Crippen LogP contribution in [0, 0.1) is 0 Å². The Morgan fingerprint density at radius 3 is 2.72 bits per heavy atom. The Balaban J connectivity index is 2.06. The van der Waals surface area contributed by atoms with Crippen LogP contribution in [-0.2, 0) is 4.74 Å². The minimum atomic E-state index is -0.331. The van der Waals surface area contributed by atoms with Crippen molar-refractivity contribution in [3.05, 3.63) is 32.8 Å². The molecule has 98 valence electrons. The third-order valence-electron chi connectivity index (χ3n) is 2.79. The van der Waals surface area contributed by atoms with Gasteiger partial charge in [-0.2, -0.15) is 0 Å². The van der Waals surface area contributed by atoms with Crippen molar-refractivity contribution < 1.29 is 9.53 Å². The largest absolute Gasteiger partial charge is 0.376 e. The molecule has 1 aliphatic heterocycles. The number of nitrogens with one attached hydrogen (secondary N) is 1. The number of ether oxygens (including phenoxy) is 1. The zero-order chi connectivity index (χ0) is 13.1. The summed E-state index contributed by atoms with van der Waals surface area (Å²) in [5.74, 6) is -0.331. The first-order chi connectivity index (χ1) is 8.59. The van der Waals surface area contributed by atoms with Gasteiger partial charge in [0.05, 0.1) is 26.7 Å². The molecule has 0 bridgehead atoms. The van der Waals surface area contributed by atoms with Crippen molar-refractivity contribution in [2.75, 3.05) is 13.2 Å². The Bertz CT molecular complexity index is 459. The smallest absolute Gasteiger partial charge is 0.254 e. The Morgan fingerprint density at radius 1 is 1.33 bits per heavy atom. The first kappa shape index (κ1) is 13.9. The van der Waals surface area contributed by atoms with Gasteiger partial charge in [0.25, 0.3) is 5.91 Å². The van der Waals surface area contributed by atoms with Crippen LogP contribution in [0.25, 0.3) is 0 Å². The number of carbonyl (C=O) groups is 1. The fourth-order valence-electron chi connectivity index (χ4n) is 1.84. The van der Waals surface area contributed by atoms with Gasteiger partial charge in [0.2, 0.25) is 0 Å². The predicted octanol–water partition coefficient (Wildman–Crippen LogP) is 3.56. The van der Waals surface area contributed by atoms with Crippen molar-refractivity contribution in [1.82, 2.24) is 5.32 Å². The van der Waals surface area contributed by atoms with Gasteiger partial charge < -0.3 is 10.1 Å². The highest BCUT2D eigenvalue weighted by atomic mass is 35.5. The Hall–Kier alpha value is -0.480. The molecule has 6 heteroatoms. The second kappa shape index (κ2) is 6.11. The summed E-state index contributed by atoms with van der Waals surface area (Å²) in [4.78, 5) is 12.0. The molecule has 0 radical (unpaired) electrons. The molecule has 1 fully saturated rings. The molecular formula is C12H12Cl3NO2. The van der Waals surface area contributed by atoms with E-state index in [9.17, 15) is 4.79 Å². The van der Waals surface area contributed by atoms with Crippen LogP contribution < -0.4 is 5.32 Å². The average Bonchev–Trinajstić information content (AvgIpc) is 2.85. The lowest BCUT2D eigenvalue weighted by atomic mass is 10.2. The third kappa shape index (κ3) is 3.09. The zero-order valence-corrected chi connectivity index (χ0v) is 11.8. The maximum absolute atomic E-state index is 12.0. The highest BCUT2D eigenvalue weighted by Gasteiger charge is 2.20. The van der Waals surface area contributed by atoms with Gasteiger partial charge in [-0.15, -0.1) is 0 Å². The molecule has 2 rings (SSSR count). The van der Waals surface area contributed by atoms with E-state index >= 15 is 0 Å². The molecule has 1 atom stereocenters. The first-order valence-corrected chi connectivity index (χ1v) is 6.76. The van der Waals surface area contributed by atoms with Gasteiger partial charge in [-0.3, -0.25) is 4.79 Å². The van der Waals surface area contributed by atoms with E-state index in [2.05, 4.69) is 5.32 Å². The van der Waals surface area contributed by atoms with Crippen LogP contribution in [0.4, 0.5) is 0 Å². The van der Waals surface area contributed by atoms with Crippen molar-refractivity contribution in [2.45, 2.75) is 18.9 Å². The van der Waals surface area contributed by atoms with Crippen LogP contribution in [0.2, 0.25) is 15.1 Å². The minimum absolute atomic E-state index is 0.0747. The van der Waals surface area contributed by atoms with Crippen LogP contribution in [0.1, 0.15) is 23.2 Å². The molecule has 0 aliphatic carbocycles. The highest BCUT2D eigenvalue weighted by molar-refractivity contribution is 6.46. The maximum atomic E-state index is 12.0. The Kier molecular flexibility index (Phi) is 4.73. The molecular weight excluding hydrogens is 296 g/mol. The standard InChI is InChI=1S/C12H12Cl3NO2/c13-8-3-4-9(14)11(15)10(8)12(17)16-6-7-2-1-5-18-7/h3-4,7H,1-2,5-6H2,(H,16,17)/t7-/m1/s1. The fourth-order valence-corrected chi connectivity index (χ4v) is 2.54. The lowest BCUT2D eigenvalue weighted by Gasteiger charge is -2.12. The predicted molar refractivity (Wildman–Crippen MR) is 72.8 cm³/mol. The molecule has 3 nitrogen and oxygen atoms in total. The Morgan fingerprint density at radius 2 is 2.06 bits per heavy atom. The molecule has 1 aromatic rings. The van der Waals surface area contributed by atoms with Gasteiger partial charge in [-0.25, -0.2) is 0 Å². The SMILES string of the molecule is O=C(NC[C@H]1CCCO1)c1c(Cl)ccc(Cl)c1Cl. The summed E-state index contributed by atoms with van der Waals surface area (Å²) in [6, 6.07) is 3.11. The molecule has 18 heavy (non-hydrogen) atoms. The molecule has 0 saturated carbocycles. The van der Waals surface area contributed by atoms with E-state index < -0.39 is 0 Å². The molecule has 0 unspecified atom stereocenters. The second-order valence-corrected chi connectivity index (χ2v) is 5.26. The van der Waals surface area contributed by atoms with Crippen molar-refractivity contribution in [2.24, 2.45) is 0 Å². The molecule has 1 amide bonds. The monoisotopic (exact) mass is 307 g/mol. The fraction of sp³-hybridized carbons (Fsp3) is 0.417. The summed E-state index contributed by atoms with van der Waals surface area (Å²) in [6.07, 6.45) is 2.06. The van der Waals surface area contributed by atoms with Gasteiger partial charge in [-0.1, -0.05) is 34.8 Å². The minimum Gasteiger partial charge on any atom is -0.376 e. The van der Waals surface area contributed by atoms with Crippen LogP contribution in [0.5, 0.6) is 0 Å². The molecule has 1 N–H and O–H groups in total. The number of hydrogen-bond acceptors (Lipinski definition) is 2. The number of benzene rings is 1. The number of carbonyl (C=O) groups excluding carboxylic acids is 1. The molecule has 0 spiro atoms. The van der Waals surface area contributed by atoms with E-state index in [1.807, 2.05) is 0 Å². The van der Waals surface area contributed by atoms with Crippen LogP contribution in [0.3, 0.4) is 0 Å². The molecule has 1 aliphatic rings. The lowest BCUT2D eigenvalue weighted by molar-refractivity contribution is 0.0858. The summed E-state index contributed by atoms with van der Waals surface area (Å²) in [7, 11) is 0. The van der Waals surface area contributed by atoms with Gasteiger partial charge in [0.15, 0.2) is 0 Å². The average molecular weight is 309 g/mol.